The summed E-state index contributed by atoms with van der Waals surface area (Å²) in [5, 5.41) is 3.49. The summed E-state index contributed by atoms with van der Waals surface area (Å²) in [4.78, 5) is 13.4. The van der Waals surface area contributed by atoms with Crippen molar-refractivity contribution in [2.45, 2.75) is 44.7 Å². The van der Waals surface area contributed by atoms with Crippen molar-refractivity contribution < 1.29 is 4.79 Å². The number of hydrogen-bond donors (Lipinski definition) is 1. The van der Waals surface area contributed by atoms with E-state index in [1.165, 1.54) is 25.7 Å². The molecule has 2 atom stereocenters. The molecule has 1 amide bonds. The summed E-state index contributed by atoms with van der Waals surface area (Å²) < 4.78 is 0. The van der Waals surface area contributed by atoms with E-state index in [0.29, 0.717) is 12.1 Å². The predicted octanol–water partition coefficient (Wildman–Crippen LogP) is 1.17. The minimum absolute atomic E-state index is 0. The first kappa shape index (κ1) is 11.8. The largest absolute Gasteiger partial charge is 0.338 e. The second-order valence-corrected chi connectivity index (χ2v) is 4.12. The van der Waals surface area contributed by atoms with Gasteiger partial charge in [-0.25, -0.2) is 0 Å². The highest BCUT2D eigenvalue weighted by atomic mass is 35.5. The van der Waals surface area contributed by atoms with Crippen molar-refractivity contribution >= 4 is 18.3 Å². The van der Waals surface area contributed by atoms with E-state index < -0.39 is 0 Å². The maximum atomic E-state index is 11.3. The molecule has 3 nitrogen and oxygen atoms in total. The van der Waals surface area contributed by atoms with Gasteiger partial charge in [0.15, 0.2) is 0 Å². The summed E-state index contributed by atoms with van der Waals surface area (Å²) in [6.45, 7) is 3.79. The Labute approximate surface area is 91.6 Å². The lowest BCUT2D eigenvalue weighted by atomic mass is 10.0. The Morgan fingerprint density at radius 3 is 2.71 bits per heavy atom. The van der Waals surface area contributed by atoms with Gasteiger partial charge in [-0.2, -0.15) is 0 Å². The molecule has 2 unspecified atom stereocenters. The molecule has 14 heavy (non-hydrogen) atoms. The van der Waals surface area contributed by atoms with Gasteiger partial charge in [-0.3, -0.25) is 4.79 Å². The van der Waals surface area contributed by atoms with Crippen LogP contribution in [0.3, 0.4) is 0 Å². The summed E-state index contributed by atoms with van der Waals surface area (Å²) in [7, 11) is 0. The molecule has 0 aliphatic carbocycles. The molecule has 2 rings (SSSR count). The fourth-order valence-corrected chi connectivity index (χ4v) is 2.64. The molecule has 0 aromatic heterocycles. The number of amides is 1. The molecule has 82 valence electrons. The number of nitrogens with zero attached hydrogens (tertiary/aromatic N) is 1. The van der Waals surface area contributed by atoms with E-state index in [2.05, 4.69) is 5.32 Å². The molecule has 1 N–H and O–H groups in total. The average Bonchev–Trinajstić information content (AvgIpc) is 2.74. The van der Waals surface area contributed by atoms with Crippen LogP contribution in [0.15, 0.2) is 0 Å². The molecule has 2 fully saturated rings. The van der Waals surface area contributed by atoms with Crippen LogP contribution in [-0.4, -0.2) is 36.0 Å². The van der Waals surface area contributed by atoms with Crippen molar-refractivity contribution in [3.63, 3.8) is 0 Å². The quantitative estimate of drug-likeness (QED) is 0.717. The van der Waals surface area contributed by atoms with Crippen molar-refractivity contribution in [2.24, 2.45) is 0 Å². The third-order valence-electron chi connectivity index (χ3n) is 3.27. The monoisotopic (exact) mass is 218 g/mol. The third-order valence-corrected chi connectivity index (χ3v) is 3.27. The molecule has 4 heteroatoms. The van der Waals surface area contributed by atoms with E-state index in [1.807, 2.05) is 4.90 Å². The molecule has 2 heterocycles. The molecule has 0 bridgehead atoms. The zero-order chi connectivity index (χ0) is 9.26. The van der Waals surface area contributed by atoms with Crippen LogP contribution in [0.4, 0.5) is 0 Å². The number of nitrogens with one attached hydrogen (secondary N) is 1. The second-order valence-electron chi connectivity index (χ2n) is 4.12. The van der Waals surface area contributed by atoms with Crippen molar-refractivity contribution in [3.8, 4) is 0 Å². The van der Waals surface area contributed by atoms with Gasteiger partial charge in [0.2, 0.25) is 5.91 Å². The highest BCUT2D eigenvalue weighted by Crippen LogP contribution is 2.24. The van der Waals surface area contributed by atoms with Crippen LogP contribution in [0.5, 0.6) is 0 Å². The van der Waals surface area contributed by atoms with Gasteiger partial charge in [-0.1, -0.05) is 0 Å². The number of rotatable bonds is 1. The lowest BCUT2D eigenvalue weighted by Gasteiger charge is -2.28. The zero-order valence-electron chi connectivity index (χ0n) is 8.66. The second kappa shape index (κ2) is 4.99. The maximum absolute atomic E-state index is 11.3. The Morgan fingerprint density at radius 2 is 2.14 bits per heavy atom. The molecule has 2 aliphatic rings. The van der Waals surface area contributed by atoms with E-state index in [4.69, 9.17) is 0 Å². The van der Waals surface area contributed by atoms with Crippen molar-refractivity contribution in [1.82, 2.24) is 10.2 Å². The minimum Gasteiger partial charge on any atom is -0.338 e. The topological polar surface area (TPSA) is 32.3 Å². The lowest BCUT2D eigenvalue weighted by Crippen LogP contribution is -2.45. The Kier molecular flexibility index (Phi) is 4.20. The number of halogens is 1. The van der Waals surface area contributed by atoms with Crippen LogP contribution in [0.25, 0.3) is 0 Å². The molecule has 0 aromatic rings. The van der Waals surface area contributed by atoms with Gasteiger partial charge in [0.25, 0.3) is 0 Å². The highest BCUT2D eigenvalue weighted by molar-refractivity contribution is 5.85. The van der Waals surface area contributed by atoms with Gasteiger partial charge >= 0.3 is 0 Å². The molecule has 0 radical (unpaired) electrons. The van der Waals surface area contributed by atoms with Crippen LogP contribution in [-0.2, 0) is 4.79 Å². The third kappa shape index (κ3) is 2.20. The minimum atomic E-state index is 0. The number of hydrogen-bond acceptors (Lipinski definition) is 2. The normalized spacial score (nSPS) is 31.6. The molecule has 2 aliphatic heterocycles. The standard InChI is InChI=1S/C10H18N2O.ClH/c1-8(13)12-7-3-5-10(12)9-4-2-6-11-9;/h9-11H,2-7H2,1H3;1H. The Hall–Kier alpha value is -0.280. The van der Waals surface area contributed by atoms with E-state index in [0.717, 1.165) is 13.1 Å². The first-order valence-electron chi connectivity index (χ1n) is 5.29. The molecular weight excluding hydrogens is 200 g/mol. The highest BCUT2D eigenvalue weighted by Gasteiger charge is 2.34. The first-order chi connectivity index (χ1) is 6.29. The number of carbonyl (C=O) groups is 1. The summed E-state index contributed by atoms with van der Waals surface area (Å²) >= 11 is 0. The van der Waals surface area contributed by atoms with Gasteiger partial charge in [0.05, 0.1) is 0 Å². The fourth-order valence-electron chi connectivity index (χ4n) is 2.64. The van der Waals surface area contributed by atoms with E-state index in [9.17, 15) is 4.79 Å². The van der Waals surface area contributed by atoms with Crippen LogP contribution >= 0.6 is 12.4 Å². The fraction of sp³-hybridized carbons (Fsp3) is 0.900. The summed E-state index contributed by atoms with van der Waals surface area (Å²) in [5.74, 6) is 0.246. The smallest absolute Gasteiger partial charge is 0.219 e. The van der Waals surface area contributed by atoms with E-state index in [-0.39, 0.29) is 18.3 Å². The molecule has 2 saturated heterocycles. The maximum Gasteiger partial charge on any atom is 0.219 e. The molecular formula is C10H19ClN2O. The SMILES string of the molecule is CC(=O)N1CCCC1C1CCCN1.Cl. The van der Waals surface area contributed by atoms with Gasteiger partial charge in [-0.05, 0) is 32.2 Å². The summed E-state index contributed by atoms with van der Waals surface area (Å²) in [6.07, 6.45) is 4.89. The lowest BCUT2D eigenvalue weighted by molar-refractivity contribution is -0.130. The molecule has 0 spiro atoms. The molecule has 0 aromatic carbocycles. The van der Waals surface area contributed by atoms with Gasteiger partial charge < -0.3 is 10.2 Å². The number of likely N-dealkylation sites (tertiary alicyclic amines) is 1. The van der Waals surface area contributed by atoms with Crippen LogP contribution < -0.4 is 5.32 Å². The average molecular weight is 219 g/mol. The van der Waals surface area contributed by atoms with Crippen LogP contribution in [0.2, 0.25) is 0 Å². The van der Waals surface area contributed by atoms with Gasteiger partial charge in [0, 0.05) is 25.6 Å². The van der Waals surface area contributed by atoms with Crippen LogP contribution in [0, 0.1) is 0 Å². The predicted molar refractivity (Wildman–Crippen MR) is 58.7 cm³/mol. The van der Waals surface area contributed by atoms with Crippen LogP contribution in [0.1, 0.15) is 32.6 Å². The van der Waals surface area contributed by atoms with E-state index in [1.54, 1.807) is 6.92 Å². The van der Waals surface area contributed by atoms with Crippen molar-refractivity contribution in [1.29, 1.82) is 0 Å². The number of carbonyl (C=O) groups excluding carboxylic acids is 1. The zero-order valence-corrected chi connectivity index (χ0v) is 9.48. The summed E-state index contributed by atoms with van der Waals surface area (Å²) in [6, 6.07) is 1.06. The van der Waals surface area contributed by atoms with Gasteiger partial charge in [-0.15, -0.1) is 12.4 Å². The Balaban J connectivity index is 0.000000980. The van der Waals surface area contributed by atoms with Gasteiger partial charge in [0.1, 0.15) is 0 Å². The van der Waals surface area contributed by atoms with Crippen molar-refractivity contribution in [3.05, 3.63) is 0 Å². The first-order valence-corrected chi connectivity index (χ1v) is 5.29. The van der Waals surface area contributed by atoms with Crippen molar-refractivity contribution in [2.75, 3.05) is 13.1 Å². The van der Waals surface area contributed by atoms with E-state index >= 15 is 0 Å². The Morgan fingerprint density at radius 1 is 1.36 bits per heavy atom. The summed E-state index contributed by atoms with van der Waals surface area (Å²) in [5.41, 5.74) is 0. The Bertz CT molecular complexity index is 204. The molecule has 0 saturated carbocycles.